The predicted octanol–water partition coefficient (Wildman–Crippen LogP) is 2.85. The SMILES string of the molecule is Cc1c(Cl)csc1F. The summed E-state index contributed by atoms with van der Waals surface area (Å²) >= 11 is 6.53. The average Bonchev–Trinajstić information content (AvgIpc) is 1.98. The molecule has 8 heavy (non-hydrogen) atoms. The maximum Gasteiger partial charge on any atom is 0.180 e. The van der Waals surface area contributed by atoms with Gasteiger partial charge in [0.25, 0.3) is 0 Å². The van der Waals surface area contributed by atoms with Crippen molar-refractivity contribution in [2.75, 3.05) is 0 Å². The molecule has 1 aromatic rings. The van der Waals surface area contributed by atoms with Crippen LogP contribution in [0.3, 0.4) is 0 Å². The topological polar surface area (TPSA) is 0 Å². The van der Waals surface area contributed by atoms with E-state index in [1.54, 1.807) is 12.3 Å². The Morgan fingerprint density at radius 2 is 2.38 bits per heavy atom. The Labute approximate surface area is 55.9 Å². The molecule has 3 heteroatoms. The van der Waals surface area contributed by atoms with Crippen LogP contribution >= 0.6 is 22.9 Å². The monoisotopic (exact) mass is 150 g/mol. The standard InChI is InChI=1S/C5H4ClFS/c1-3-4(6)2-8-5(3)7/h2H,1H3. The smallest absolute Gasteiger partial charge is 0.180 e. The molecule has 0 amide bonds. The van der Waals surface area contributed by atoms with Crippen LogP contribution < -0.4 is 0 Å². The quantitative estimate of drug-likeness (QED) is 0.534. The molecule has 0 aromatic carbocycles. The van der Waals surface area contributed by atoms with Crippen LogP contribution in [0.4, 0.5) is 4.39 Å². The van der Waals surface area contributed by atoms with Crippen molar-refractivity contribution < 1.29 is 4.39 Å². The van der Waals surface area contributed by atoms with E-state index in [1.165, 1.54) is 0 Å². The molecule has 1 heterocycles. The van der Waals surface area contributed by atoms with E-state index in [9.17, 15) is 4.39 Å². The summed E-state index contributed by atoms with van der Waals surface area (Å²) in [5.74, 6) is 0. The van der Waals surface area contributed by atoms with Crippen molar-refractivity contribution in [1.29, 1.82) is 0 Å². The van der Waals surface area contributed by atoms with Gasteiger partial charge in [-0.2, -0.15) is 4.39 Å². The maximum absolute atomic E-state index is 12.3. The van der Waals surface area contributed by atoms with Crippen LogP contribution in [0.2, 0.25) is 5.02 Å². The molecule has 0 aliphatic rings. The predicted molar refractivity (Wildman–Crippen MR) is 34.0 cm³/mol. The van der Waals surface area contributed by atoms with Gasteiger partial charge in [0, 0.05) is 10.9 Å². The number of halogens is 2. The Morgan fingerprint density at radius 1 is 1.75 bits per heavy atom. The number of hydrogen-bond donors (Lipinski definition) is 0. The van der Waals surface area contributed by atoms with Crippen molar-refractivity contribution in [3.05, 3.63) is 21.1 Å². The highest BCUT2D eigenvalue weighted by molar-refractivity contribution is 7.08. The largest absolute Gasteiger partial charge is 0.195 e. The van der Waals surface area contributed by atoms with Crippen molar-refractivity contribution in [3.8, 4) is 0 Å². The van der Waals surface area contributed by atoms with E-state index in [2.05, 4.69) is 0 Å². The molecule has 0 fully saturated rings. The van der Waals surface area contributed by atoms with Crippen LogP contribution in [-0.2, 0) is 0 Å². The van der Waals surface area contributed by atoms with Gasteiger partial charge in [0.2, 0.25) is 0 Å². The number of hydrogen-bond acceptors (Lipinski definition) is 1. The molecule has 0 unspecified atom stereocenters. The third-order valence-corrected chi connectivity index (χ3v) is 2.31. The molecule has 1 aromatic heterocycles. The number of rotatable bonds is 0. The van der Waals surface area contributed by atoms with Gasteiger partial charge >= 0.3 is 0 Å². The Bertz CT molecular complexity index is 175. The molecule has 0 radical (unpaired) electrons. The molecular weight excluding hydrogens is 147 g/mol. The van der Waals surface area contributed by atoms with E-state index >= 15 is 0 Å². The molecule has 0 N–H and O–H groups in total. The summed E-state index contributed by atoms with van der Waals surface area (Å²) < 4.78 is 12.3. The highest BCUT2D eigenvalue weighted by atomic mass is 35.5. The first-order valence-electron chi connectivity index (χ1n) is 2.11. The summed E-state index contributed by atoms with van der Waals surface area (Å²) in [6.07, 6.45) is 0. The first-order chi connectivity index (χ1) is 3.72. The van der Waals surface area contributed by atoms with E-state index in [1.807, 2.05) is 0 Å². The van der Waals surface area contributed by atoms with Gasteiger partial charge in [-0.25, -0.2) is 0 Å². The Balaban J connectivity index is 3.19. The molecule has 0 aliphatic carbocycles. The van der Waals surface area contributed by atoms with Gasteiger partial charge in [0.1, 0.15) is 0 Å². The molecule has 0 aliphatic heterocycles. The molecule has 1 rings (SSSR count). The fourth-order valence-electron chi connectivity index (χ4n) is 0.374. The van der Waals surface area contributed by atoms with Gasteiger partial charge in [0.05, 0.1) is 5.02 Å². The fraction of sp³-hybridized carbons (Fsp3) is 0.200. The number of thiophene rings is 1. The maximum atomic E-state index is 12.3. The van der Waals surface area contributed by atoms with Crippen molar-refractivity contribution in [2.24, 2.45) is 0 Å². The lowest BCUT2D eigenvalue weighted by atomic mass is 10.4. The zero-order valence-corrected chi connectivity index (χ0v) is 5.81. The Morgan fingerprint density at radius 3 is 2.50 bits per heavy atom. The lowest BCUT2D eigenvalue weighted by Gasteiger charge is -1.80. The van der Waals surface area contributed by atoms with Crippen LogP contribution in [0.15, 0.2) is 5.38 Å². The van der Waals surface area contributed by atoms with Gasteiger partial charge in [-0.3, -0.25) is 0 Å². The van der Waals surface area contributed by atoms with Gasteiger partial charge in [-0.1, -0.05) is 11.6 Å². The molecule has 0 atom stereocenters. The summed E-state index contributed by atoms with van der Waals surface area (Å²) in [7, 11) is 0. The summed E-state index contributed by atoms with van der Waals surface area (Å²) in [6, 6.07) is 0. The summed E-state index contributed by atoms with van der Waals surface area (Å²) in [4.78, 5) is 0. The van der Waals surface area contributed by atoms with Crippen LogP contribution in [0, 0.1) is 12.1 Å². The van der Waals surface area contributed by atoms with Crippen LogP contribution in [-0.4, -0.2) is 0 Å². The van der Waals surface area contributed by atoms with Crippen molar-refractivity contribution in [1.82, 2.24) is 0 Å². The summed E-state index contributed by atoms with van der Waals surface area (Å²) in [5.41, 5.74) is 0.552. The molecule has 0 bridgehead atoms. The van der Waals surface area contributed by atoms with Crippen LogP contribution in [0.5, 0.6) is 0 Å². The first kappa shape index (κ1) is 6.05. The van der Waals surface area contributed by atoms with E-state index in [4.69, 9.17) is 11.6 Å². The van der Waals surface area contributed by atoms with Gasteiger partial charge < -0.3 is 0 Å². The van der Waals surface area contributed by atoms with E-state index in [0.717, 1.165) is 11.3 Å². The molecular formula is C5H4ClFS. The average molecular weight is 151 g/mol. The Hall–Kier alpha value is -0.0800. The molecule has 0 saturated heterocycles. The van der Waals surface area contributed by atoms with E-state index in [0.29, 0.717) is 10.6 Å². The zero-order valence-electron chi connectivity index (χ0n) is 4.24. The summed E-state index contributed by atoms with van der Waals surface area (Å²) in [5, 5.41) is 1.93. The van der Waals surface area contributed by atoms with Gasteiger partial charge in [-0.05, 0) is 6.92 Å². The van der Waals surface area contributed by atoms with Gasteiger partial charge in [0.15, 0.2) is 5.13 Å². The van der Waals surface area contributed by atoms with E-state index < -0.39 is 0 Å². The second-order valence-electron chi connectivity index (χ2n) is 1.48. The van der Waals surface area contributed by atoms with Crippen molar-refractivity contribution >= 4 is 22.9 Å². The highest BCUT2D eigenvalue weighted by Gasteiger charge is 2.01. The van der Waals surface area contributed by atoms with Gasteiger partial charge in [-0.15, -0.1) is 11.3 Å². The Kier molecular flexibility index (Phi) is 1.54. The molecule has 0 saturated carbocycles. The zero-order chi connectivity index (χ0) is 6.15. The first-order valence-corrected chi connectivity index (χ1v) is 3.36. The minimum atomic E-state index is -0.185. The van der Waals surface area contributed by atoms with Crippen LogP contribution in [0.1, 0.15) is 5.56 Å². The van der Waals surface area contributed by atoms with Crippen LogP contribution in [0.25, 0.3) is 0 Å². The van der Waals surface area contributed by atoms with Crippen molar-refractivity contribution in [2.45, 2.75) is 6.92 Å². The molecule has 0 spiro atoms. The second kappa shape index (κ2) is 2.03. The minimum absolute atomic E-state index is 0.185. The molecule has 44 valence electrons. The second-order valence-corrected chi connectivity index (χ2v) is 2.72. The minimum Gasteiger partial charge on any atom is -0.195 e. The lowest BCUT2D eigenvalue weighted by Crippen LogP contribution is -1.66. The molecule has 0 nitrogen and oxygen atoms in total. The normalized spacial score (nSPS) is 9.88. The fourth-order valence-corrected chi connectivity index (χ4v) is 1.32. The lowest BCUT2D eigenvalue weighted by molar-refractivity contribution is 0.649. The highest BCUT2D eigenvalue weighted by Crippen LogP contribution is 2.23. The third kappa shape index (κ3) is 0.858. The summed E-state index contributed by atoms with van der Waals surface area (Å²) in [6.45, 7) is 1.66. The third-order valence-electron chi connectivity index (χ3n) is 0.919. The van der Waals surface area contributed by atoms with E-state index in [-0.39, 0.29) is 5.13 Å². The van der Waals surface area contributed by atoms with Crippen molar-refractivity contribution in [3.63, 3.8) is 0 Å².